The molecule has 0 aliphatic carbocycles. The van der Waals surface area contributed by atoms with Gasteiger partial charge < -0.3 is 15.0 Å². The Balaban J connectivity index is 2.01. The number of hydrogen-bond acceptors (Lipinski definition) is 6. The molecule has 0 radical (unpaired) electrons. The minimum Gasteiger partial charge on any atom is -0.452 e. The fourth-order valence-corrected chi connectivity index (χ4v) is 2.29. The van der Waals surface area contributed by atoms with E-state index >= 15 is 0 Å². The summed E-state index contributed by atoms with van der Waals surface area (Å²) in [4.78, 5) is 35.7. The number of likely N-dealkylation sites (tertiary alicyclic amines) is 1. The highest BCUT2D eigenvalue weighted by molar-refractivity contribution is 5.93. The quantitative estimate of drug-likeness (QED) is 0.501. The van der Waals surface area contributed by atoms with Gasteiger partial charge >= 0.3 is 5.97 Å². The first-order valence-electron chi connectivity index (χ1n) is 6.94. The van der Waals surface area contributed by atoms with Crippen LogP contribution < -0.4 is 5.32 Å². The summed E-state index contributed by atoms with van der Waals surface area (Å²) < 4.78 is 4.94. The predicted molar refractivity (Wildman–Crippen MR) is 78.7 cm³/mol. The second-order valence-electron chi connectivity index (χ2n) is 4.90. The summed E-state index contributed by atoms with van der Waals surface area (Å²) in [6, 6.07) is 3.98. The molecule has 0 saturated carbocycles. The maximum atomic E-state index is 11.9. The predicted octanol–water partition coefficient (Wildman–Crippen LogP) is 1.42. The third-order valence-electron chi connectivity index (χ3n) is 3.48. The van der Waals surface area contributed by atoms with Crippen molar-refractivity contribution in [1.82, 2.24) is 4.90 Å². The van der Waals surface area contributed by atoms with Gasteiger partial charge in [-0.1, -0.05) is 0 Å². The summed E-state index contributed by atoms with van der Waals surface area (Å²) in [5, 5.41) is 13.6. The van der Waals surface area contributed by atoms with Crippen LogP contribution in [0.5, 0.6) is 0 Å². The molecule has 2 rings (SSSR count). The van der Waals surface area contributed by atoms with Crippen molar-refractivity contribution in [2.45, 2.75) is 12.8 Å². The first kappa shape index (κ1) is 15.7. The number of benzene rings is 1. The summed E-state index contributed by atoms with van der Waals surface area (Å²) in [7, 11) is 1.55. The van der Waals surface area contributed by atoms with Gasteiger partial charge in [0, 0.05) is 26.2 Å². The maximum absolute atomic E-state index is 11.9. The topological polar surface area (TPSA) is 102 Å². The number of anilines is 1. The lowest BCUT2D eigenvalue weighted by atomic mass is 10.1. The van der Waals surface area contributed by atoms with Crippen LogP contribution in [0, 0.1) is 10.1 Å². The van der Waals surface area contributed by atoms with E-state index in [-0.39, 0.29) is 23.8 Å². The number of ether oxygens (including phenoxy) is 1. The number of hydrogen-bond donors (Lipinski definition) is 1. The molecule has 1 fully saturated rings. The monoisotopic (exact) mass is 307 g/mol. The van der Waals surface area contributed by atoms with E-state index in [0.717, 1.165) is 18.9 Å². The van der Waals surface area contributed by atoms with E-state index in [1.807, 2.05) is 0 Å². The molecular weight excluding hydrogens is 290 g/mol. The molecule has 22 heavy (non-hydrogen) atoms. The molecule has 8 nitrogen and oxygen atoms in total. The van der Waals surface area contributed by atoms with Crippen molar-refractivity contribution >= 4 is 23.3 Å². The third kappa shape index (κ3) is 3.51. The number of esters is 1. The van der Waals surface area contributed by atoms with Crippen molar-refractivity contribution in [2.75, 3.05) is 32.1 Å². The van der Waals surface area contributed by atoms with E-state index in [2.05, 4.69) is 5.32 Å². The first-order valence-corrected chi connectivity index (χ1v) is 6.94. The van der Waals surface area contributed by atoms with E-state index in [9.17, 15) is 19.7 Å². The molecule has 1 aromatic carbocycles. The minimum absolute atomic E-state index is 0.0416. The van der Waals surface area contributed by atoms with Gasteiger partial charge in [0.1, 0.15) is 5.69 Å². The molecule has 0 spiro atoms. The summed E-state index contributed by atoms with van der Waals surface area (Å²) >= 11 is 0. The van der Waals surface area contributed by atoms with E-state index in [1.165, 1.54) is 12.1 Å². The van der Waals surface area contributed by atoms with E-state index in [1.54, 1.807) is 11.9 Å². The van der Waals surface area contributed by atoms with Crippen molar-refractivity contribution in [2.24, 2.45) is 0 Å². The minimum atomic E-state index is -0.752. The maximum Gasteiger partial charge on any atom is 0.338 e. The van der Waals surface area contributed by atoms with Gasteiger partial charge in [0.2, 0.25) is 0 Å². The lowest BCUT2D eigenvalue weighted by molar-refractivity contribution is -0.384. The molecule has 8 heteroatoms. The number of nitro benzene ring substituents is 1. The molecule has 1 saturated heterocycles. The Morgan fingerprint density at radius 1 is 1.36 bits per heavy atom. The Hall–Kier alpha value is -2.64. The van der Waals surface area contributed by atoms with Gasteiger partial charge in [-0.15, -0.1) is 0 Å². The van der Waals surface area contributed by atoms with Gasteiger partial charge in [-0.2, -0.15) is 0 Å². The molecule has 0 aromatic heterocycles. The molecule has 118 valence electrons. The van der Waals surface area contributed by atoms with Gasteiger partial charge in [-0.3, -0.25) is 14.9 Å². The van der Waals surface area contributed by atoms with E-state index < -0.39 is 10.9 Å². The van der Waals surface area contributed by atoms with Crippen LogP contribution >= 0.6 is 0 Å². The second-order valence-corrected chi connectivity index (χ2v) is 4.90. The Labute approximate surface area is 127 Å². The Morgan fingerprint density at radius 2 is 2.05 bits per heavy atom. The summed E-state index contributed by atoms with van der Waals surface area (Å²) in [6.07, 6.45) is 1.91. The van der Waals surface area contributed by atoms with Crippen LogP contribution in [0.4, 0.5) is 11.4 Å². The fraction of sp³-hybridized carbons (Fsp3) is 0.429. The van der Waals surface area contributed by atoms with Gasteiger partial charge in [0.05, 0.1) is 10.5 Å². The van der Waals surface area contributed by atoms with Crippen LogP contribution in [0.1, 0.15) is 23.2 Å². The molecule has 1 N–H and O–H groups in total. The molecular formula is C14H17N3O5. The molecule has 1 aliphatic heterocycles. The van der Waals surface area contributed by atoms with Gasteiger partial charge in [-0.25, -0.2) is 4.79 Å². The van der Waals surface area contributed by atoms with Crippen molar-refractivity contribution in [3.63, 3.8) is 0 Å². The zero-order chi connectivity index (χ0) is 16.1. The highest BCUT2D eigenvalue weighted by atomic mass is 16.6. The molecule has 1 aromatic rings. The Kier molecular flexibility index (Phi) is 4.92. The molecule has 0 atom stereocenters. The summed E-state index contributed by atoms with van der Waals surface area (Å²) in [5.74, 6) is -0.995. The second kappa shape index (κ2) is 6.88. The number of amides is 1. The lowest BCUT2D eigenvalue weighted by Gasteiger charge is -2.14. The van der Waals surface area contributed by atoms with Crippen LogP contribution in [0.25, 0.3) is 0 Å². The average molecular weight is 307 g/mol. The van der Waals surface area contributed by atoms with Crippen LogP contribution in [0.3, 0.4) is 0 Å². The smallest absolute Gasteiger partial charge is 0.338 e. The number of rotatable bonds is 5. The number of carbonyl (C=O) groups excluding carboxylic acids is 2. The normalized spacial score (nSPS) is 13.8. The fourth-order valence-electron chi connectivity index (χ4n) is 2.29. The largest absolute Gasteiger partial charge is 0.452 e. The first-order chi connectivity index (χ1) is 10.5. The molecule has 1 heterocycles. The SMILES string of the molecule is CNc1ccc(C(=O)OCC(=O)N2CCCC2)cc1[N+](=O)[O-]. The molecule has 1 amide bonds. The summed E-state index contributed by atoms with van der Waals surface area (Å²) in [5.41, 5.74) is 0.123. The number of nitrogens with zero attached hydrogens (tertiary/aromatic N) is 2. The standard InChI is InChI=1S/C14H17N3O5/c1-15-11-5-4-10(8-12(11)17(20)21)14(19)22-9-13(18)16-6-2-3-7-16/h4-5,8,15H,2-3,6-7,9H2,1H3. The van der Waals surface area contributed by atoms with Crippen LogP contribution in [-0.2, 0) is 9.53 Å². The van der Waals surface area contributed by atoms with E-state index in [0.29, 0.717) is 18.8 Å². The van der Waals surface area contributed by atoms with Crippen molar-refractivity contribution in [3.8, 4) is 0 Å². The van der Waals surface area contributed by atoms with Gasteiger partial charge in [0.15, 0.2) is 6.61 Å². The van der Waals surface area contributed by atoms with Crippen molar-refractivity contribution in [1.29, 1.82) is 0 Å². The Bertz CT molecular complexity index is 596. The highest BCUT2D eigenvalue weighted by Crippen LogP contribution is 2.25. The lowest BCUT2D eigenvalue weighted by Crippen LogP contribution is -2.32. The number of nitro groups is 1. The number of carbonyl (C=O) groups is 2. The van der Waals surface area contributed by atoms with E-state index in [4.69, 9.17) is 4.74 Å². The zero-order valence-corrected chi connectivity index (χ0v) is 12.2. The third-order valence-corrected chi connectivity index (χ3v) is 3.48. The molecule has 0 unspecified atom stereocenters. The molecule has 0 bridgehead atoms. The Morgan fingerprint density at radius 3 is 2.64 bits per heavy atom. The highest BCUT2D eigenvalue weighted by Gasteiger charge is 2.21. The number of nitrogens with one attached hydrogen (secondary N) is 1. The summed E-state index contributed by atoms with van der Waals surface area (Å²) in [6.45, 7) is 1.01. The zero-order valence-electron chi connectivity index (χ0n) is 12.2. The average Bonchev–Trinajstić information content (AvgIpc) is 3.06. The van der Waals surface area contributed by atoms with Crippen LogP contribution in [0.15, 0.2) is 18.2 Å². The van der Waals surface area contributed by atoms with Crippen molar-refractivity contribution < 1.29 is 19.2 Å². The van der Waals surface area contributed by atoms with Gasteiger partial charge in [-0.05, 0) is 25.0 Å². The van der Waals surface area contributed by atoms with Crippen LogP contribution in [-0.4, -0.2) is 48.4 Å². The molecule has 1 aliphatic rings. The van der Waals surface area contributed by atoms with Crippen LogP contribution in [0.2, 0.25) is 0 Å². The van der Waals surface area contributed by atoms with Gasteiger partial charge in [0.25, 0.3) is 11.6 Å². The van der Waals surface area contributed by atoms with Crippen molar-refractivity contribution in [3.05, 3.63) is 33.9 Å².